The van der Waals surface area contributed by atoms with Crippen LogP contribution < -0.4 is 4.90 Å². The largest absolute Gasteiger partial charge is 0.361 e. The molecule has 0 aliphatic carbocycles. The van der Waals surface area contributed by atoms with Gasteiger partial charge in [-0.3, -0.25) is 4.79 Å². The van der Waals surface area contributed by atoms with E-state index in [1.165, 1.54) is 0 Å². The van der Waals surface area contributed by atoms with Crippen LogP contribution in [0.4, 0.5) is 5.69 Å². The van der Waals surface area contributed by atoms with Crippen molar-refractivity contribution in [2.75, 3.05) is 11.9 Å². The van der Waals surface area contributed by atoms with Crippen molar-refractivity contribution in [3.8, 4) is 12.1 Å². The van der Waals surface area contributed by atoms with Gasteiger partial charge in [0.2, 0.25) is 0 Å². The second-order valence-corrected chi connectivity index (χ2v) is 4.75. The Balaban J connectivity index is 2.43. The number of nitrogens with zero attached hydrogens (tertiary/aromatic N) is 3. The number of rotatable bonds is 4. The van der Waals surface area contributed by atoms with Crippen molar-refractivity contribution in [3.63, 3.8) is 0 Å². The summed E-state index contributed by atoms with van der Waals surface area (Å²) in [7, 11) is 1.87. The molecule has 0 saturated carbocycles. The number of ketones is 1. The van der Waals surface area contributed by atoms with Gasteiger partial charge in [-0.05, 0) is 25.0 Å². The van der Waals surface area contributed by atoms with Gasteiger partial charge in [-0.2, -0.15) is 10.5 Å². The van der Waals surface area contributed by atoms with Crippen LogP contribution in [0, 0.1) is 22.7 Å². The van der Waals surface area contributed by atoms with E-state index < -0.39 is 5.54 Å². The van der Waals surface area contributed by atoms with Gasteiger partial charge in [0, 0.05) is 31.1 Å². The number of Topliss-reactive ketones (excluding diaryl/α,β-unsaturated/α-hetero) is 1. The zero-order valence-corrected chi connectivity index (χ0v) is 10.9. The van der Waals surface area contributed by atoms with Gasteiger partial charge in [0.05, 0.1) is 12.1 Å². The summed E-state index contributed by atoms with van der Waals surface area (Å²) < 4.78 is 0. The van der Waals surface area contributed by atoms with E-state index in [1.54, 1.807) is 0 Å². The molecule has 4 heteroatoms. The Kier molecular flexibility index (Phi) is 3.53. The van der Waals surface area contributed by atoms with Crippen molar-refractivity contribution in [2.24, 2.45) is 0 Å². The van der Waals surface area contributed by atoms with Gasteiger partial charge >= 0.3 is 0 Å². The molecule has 96 valence electrons. The quantitative estimate of drug-likeness (QED) is 0.827. The van der Waals surface area contributed by atoms with Crippen molar-refractivity contribution >= 4 is 11.5 Å². The molecule has 1 aromatic carbocycles. The average molecular weight is 253 g/mol. The topological polar surface area (TPSA) is 67.9 Å². The Bertz CT molecular complexity index is 562. The molecule has 1 heterocycles. The predicted molar refractivity (Wildman–Crippen MR) is 71.6 cm³/mol. The van der Waals surface area contributed by atoms with Crippen molar-refractivity contribution in [3.05, 3.63) is 29.8 Å². The van der Waals surface area contributed by atoms with Crippen LogP contribution >= 0.6 is 0 Å². The molecule has 0 bridgehead atoms. The molecule has 0 fully saturated rings. The number of carbonyl (C=O) groups is 1. The van der Waals surface area contributed by atoms with E-state index in [4.69, 9.17) is 10.5 Å². The number of benzene rings is 1. The maximum absolute atomic E-state index is 12.7. The van der Waals surface area contributed by atoms with E-state index in [1.807, 2.05) is 36.2 Å². The molecule has 0 radical (unpaired) electrons. The molecule has 0 aromatic heterocycles. The highest BCUT2D eigenvalue weighted by molar-refractivity contribution is 6.13. The highest BCUT2D eigenvalue weighted by atomic mass is 16.1. The second-order valence-electron chi connectivity index (χ2n) is 4.75. The smallest absolute Gasteiger partial charge is 0.190 e. The van der Waals surface area contributed by atoms with Crippen LogP contribution in [0.1, 0.15) is 36.0 Å². The van der Waals surface area contributed by atoms with Crippen molar-refractivity contribution in [1.29, 1.82) is 10.5 Å². The minimum Gasteiger partial charge on any atom is -0.361 e. The third kappa shape index (κ3) is 1.96. The van der Waals surface area contributed by atoms with Crippen LogP contribution in [0.3, 0.4) is 0 Å². The molecule has 4 nitrogen and oxygen atoms in total. The lowest BCUT2D eigenvalue weighted by Crippen LogP contribution is -2.48. The number of nitriles is 2. The van der Waals surface area contributed by atoms with Crippen LogP contribution in [-0.4, -0.2) is 18.4 Å². The predicted octanol–water partition coefficient (Wildman–Crippen LogP) is 2.67. The minimum absolute atomic E-state index is 0.0381. The number of carbonyl (C=O) groups excluding carboxylic acids is 1. The lowest BCUT2D eigenvalue weighted by atomic mass is 9.84. The van der Waals surface area contributed by atoms with Gasteiger partial charge in [0.25, 0.3) is 0 Å². The van der Waals surface area contributed by atoms with Gasteiger partial charge in [-0.1, -0.05) is 12.1 Å². The first-order valence-corrected chi connectivity index (χ1v) is 6.29. The molecule has 0 N–H and O–H groups in total. The number of fused-ring (bicyclic) bond motifs is 1. The minimum atomic E-state index is -0.727. The highest BCUT2D eigenvalue weighted by Gasteiger charge is 2.48. The Labute approximate surface area is 112 Å². The first-order valence-electron chi connectivity index (χ1n) is 6.29. The van der Waals surface area contributed by atoms with Gasteiger partial charge in [-0.25, -0.2) is 0 Å². The first kappa shape index (κ1) is 13.1. The van der Waals surface area contributed by atoms with Crippen LogP contribution in [0.2, 0.25) is 0 Å². The maximum Gasteiger partial charge on any atom is 0.190 e. The number of likely N-dealkylation sites (N-methyl/N-ethyl adjacent to an activating group) is 1. The molecular weight excluding hydrogens is 238 g/mol. The number of anilines is 1. The van der Waals surface area contributed by atoms with E-state index in [-0.39, 0.29) is 5.78 Å². The summed E-state index contributed by atoms with van der Waals surface area (Å²) in [4.78, 5) is 14.6. The summed E-state index contributed by atoms with van der Waals surface area (Å²) in [5.41, 5.74) is 0.860. The lowest BCUT2D eigenvalue weighted by molar-refractivity contribution is 0.0888. The third-order valence-electron chi connectivity index (χ3n) is 3.88. The van der Waals surface area contributed by atoms with E-state index in [9.17, 15) is 4.79 Å². The second kappa shape index (κ2) is 5.12. The zero-order valence-electron chi connectivity index (χ0n) is 10.9. The first-order chi connectivity index (χ1) is 9.17. The van der Waals surface area contributed by atoms with Crippen LogP contribution in [0.15, 0.2) is 24.3 Å². The van der Waals surface area contributed by atoms with E-state index in [0.29, 0.717) is 31.2 Å². The van der Waals surface area contributed by atoms with E-state index in [0.717, 1.165) is 5.69 Å². The Morgan fingerprint density at radius 2 is 1.74 bits per heavy atom. The zero-order chi connectivity index (χ0) is 13.9. The van der Waals surface area contributed by atoms with Crippen LogP contribution in [0.5, 0.6) is 0 Å². The molecule has 0 atom stereocenters. The van der Waals surface area contributed by atoms with Gasteiger partial charge < -0.3 is 4.90 Å². The fourth-order valence-corrected chi connectivity index (χ4v) is 2.80. The van der Waals surface area contributed by atoms with Crippen molar-refractivity contribution in [2.45, 2.75) is 31.2 Å². The monoisotopic (exact) mass is 253 g/mol. The molecule has 0 spiro atoms. The summed E-state index contributed by atoms with van der Waals surface area (Å²) in [6, 6.07) is 11.7. The molecule has 1 aromatic rings. The van der Waals surface area contributed by atoms with E-state index >= 15 is 0 Å². The van der Waals surface area contributed by atoms with Crippen molar-refractivity contribution in [1.82, 2.24) is 0 Å². The molecule has 0 unspecified atom stereocenters. The van der Waals surface area contributed by atoms with Crippen LogP contribution in [0.25, 0.3) is 0 Å². The molecule has 0 saturated heterocycles. The normalized spacial score (nSPS) is 15.7. The Morgan fingerprint density at radius 1 is 1.16 bits per heavy atom. The Morgan fingerprint density at radius 3 is 2.26 bits per heavy atom. The maximum atomic E-state index is 12.7. The highest BCUT2D eigenvalue weighted by Crippen LogP contribution is 2.42. The number of hydrogen-bond donors (Lipinski definition) is 0. The molecule has 1 aliphatic rings. The summed E-state index contributed by atoms with van der Waals surface area (Å²) >= 11 is 0. The van der Waals surface area contributed by atoms with E-state index in [2.05, 4.69) is 12.1 Å². The fraction of sp³-hybridized carbons (Fsp3) is 0.400. The summed E-state index contributed by atoms with van der Waals surface area (Å²) in [5, 5.41) is 17.6. The van der Waals surface area contributed by atoms with Gasteiger partial charge in [-0.15, -0.1) is 0 Å². The van der Waals surface area contributed by atoms with Crippen molar-refractivity contribution < 1.29 is 4.79 Å². The fourth-order valence-electron chi connectivity index (χ4n) is 2.80. The number of hydrogen-bond acceptors (Lipinski definition) is 4. The molecule has 0 amide bonds. The third-order valence-corrected chi connectivity index (χ3v) is 3.88. The van der Waals surface area contributed by atoms with Gasteiger partial charge in [0.15, 0.2) is 5.78 Å². The lowest BCUT2D eigenvalue weighted by Gasteiger charge is -2.35. The summed E-state index contributed by atoms with van der Waals surface area (Å²) in [6.07, 6.45) is 1.56. The molecule has 2 rings (SSSR count). The Hall–Kier alpha value is -2.33. The molecule has 1 aliphatic heterocycles. The molecular formula is C15H15N3O. The average Bonchev–Trinajstić information content (AvgIpc) is 2.66. The van der Waals surface area contributed by atoms with Gasteiger partial charge in [0.1, 0.15) is 5.54 Å². The summed E-state index contributed by atoms with van der Waals surface area (Å²) in [5.74, 6) is 0.0381. The SMILES string of the molecule is CN1c2ccccc2C(=O)C1(CCC#N)CCC#N. The standard InChI is InChI=1S/C15H15N3O/c1-18-13-7-3-2-6-12(13)14(19)15(18,8-4-10-16)9-5-11-17/h2-3,6-7H,4-5,8-9H2,1H3. The van der Waals surface area contributed by atoms with Crippen LogP contribution in [-0.2, 0) is 0 Å². The summed E-state index contributed by atoms with van der Waals surface area (Å²) in [6.45, 7) is 0. The number of para-hydroxylation sites is 1. The molecule has 19 heavy (non-hydrogen) atoms.